The summed E-state index contributed by atoms with van der Waals surface area (Å²) in [6, 6.07) is 12.5. The van der Waals surface area contributed by atoms with Gasteiger partial charge in [-0.3, -0.25) is 9.69 Å². The van der Waals surface area contributed by atoms with Crippen molar-refractivity contribution < 1.29 is 28.2 Å². The molecule has 1 heterocycles. The first-order valence-electron chi connectivity index (χ1n) is 13.5. The van der Waals surface area contributed by atoms with Gasteiger partial charge in [-0.2, -0.15) is 0 Å². The molecule has 0 aliphatic carbocycles. The van der Waals surface area contributed by atoms with Gasteiger partial charge < -0.3 is 24.6 Å². The van der Waals surface area contributed by atoms with Crippen LogP contribution in [-0.2, 0) is 22.6 Å². The highest BCUT2D eigenvalue weighted by Crippen LogP contribution is 2.20. The van der Waals surface area contributed by atoms with E-state index in [-0.39, 0.29) is 50.6 Å². The second kappa shape index (κ2) is 13.5. The number of nitrogens with one attached hydrogen (secondary N) is 1. The third kappa shape index (κ3) is 9.43. The van der Waals surface area contributed by atoms with E-state index in [2.05, 4.69) is 19.2 Å². The number of carbonyl (C=O) groups excluding carboxylic acids is 3. The molecule has 2 aromatic carbocycles. The molecule has 0 spiro atoms. The fourth-order valence-corrected chi connectivity index (χ4v) is 4.17. The Morgan fingerprint density at radius 2 is 1.60 bits per heavy atom. The molecule has 1 fully saturated rings. The van der Waals surface area contributed by atoms with Crippen LogP contribution in [0.15, 0.2) is 48.5 Å². The molecule has 2 aromatic rings. The molecule has 1 N–H and O–H groups in total. The van der Waals surface area contributed by atoms with Crippen LogP contribution in [0.1, 0.15) is 52.7 Å². The molecule has 40 heavy (non-hydrogen) atoms. The van der Waals surface area contributed by atoms with E-state index in [1.807, 2.05) is 24.3 Å². The molecule has 0 saturated carbocycles. The fraction of sp³-hybridized carbons (Fsp3) is 0.500. The Labute approximate surface area is 236 Å². The first-order valence-corrected chi connectivity index (χ1v) is 13.5. The number of urea groups is 1. The minimum absolute atomic E-state index is 0.0674. The summed E-state index contributed by atoms with van der Waals surface area (Å²) >= 11 is 0. The Morgan fingerprint density at radius 3 is 2.17 bits per heavy atom. The summed E-state index contributed by atoms with van der Waals surface area (Å²) in [5, 5.41) is 2.96. The SMILES string of the molecule is CC(=O)N1CC(N(Cc2ccc(F)cc2)C(=O)NCc2ccc(OCC(C)C)cc2)CN(C(=O)OC(C)(C)C)C1. The summed E-state index contributed by atoms with van der Waals surface area (Å²) < 4.78 is 24.9. The van der Waals surface area contributed by atoms with Crippen LogP contribution >= 0.6 is 0 Å². The molecule has 1 saturated heterocycles. The Kier molecular flexibility index (Phi) is 10.4. The smallest absolute Gasteiger partial charge is 0.411 e. The van der Waals surface area contributed by atoms with Gasteiger partial charge in [0.25, 0.3) is 0 Å². The molecule has 4 amide bonds. The van der Waals surface area contributed by atoms with Crippen molar-refractivity contribution in [2.45, 2.75) is 66.3 Å². The quantitative estimate of drug-likeness (QED) is 0.494. The lowest BCUT2D eigenvalue weighted by Crippen LogP contribution is -2.62. The lowest BCUT2D eigenvalue weighted by atomic mass is 10.1. The number of hydrogen-bond donors (Lipinski definition) is 1. The van der Waals surface area contributed by atoms with Crippen LogP contribution < -0.4 is 10.1 Å². The number of benzene rings is 2. The molecule has 1 aliphatic heterocycles. The lowest BCUT2D eigenvalue weighted by Gasteiger charge is -2.44. The largest absolute Gasteiger partial charge is 0.493 e. The first kappa shape index (κ1) is 30.7. The summed E-state index contributed by atoms with van der Waals surface area (Å²) in [5.74, 6) is 0.573. The number of halogens is 1. The zero-order chi connectivity index (χ0) is 29.4. The van der Waals surface area contributed by atoms with Gasteiger partial charge >= 0.3 is 12.1 Å². The van der Waals surface area contributed by atoms with Crippen molar-refractivity contribution in [3.05, 3.63) is 65.5 Å². The van der Waals surface area contributed by atoms with Gasteiger partial charge in [-0.05, 0) is 62.1 Å². The number of rotatable bonds is 8. The van der Waals surface area contributed by atoms with Gasteiger partial charge in [0.15, 0.2) is 0 Å². The molecular weight excluding hydrogens is 515 g/mol. The van der Waals surface area contributed by atoms with E-state index in [9.17, 15) is 18.8 Å². The van der Waals surface area contributed by atoms with Crippen LogP contribution in [0.5, 0.6) is 5.75 Å². The second-order valence-electron chi connectivity index (χ2n) is 11.5. The minimum atomic E-state index is -0.717. The fourth-order valence-electron chi connectivity index (χ4n) is 4.17. The zero-order valence-electron chi connectivity index (χ0n) is 24.3. The Balaban J connectivity index is 1.79. The zero-order valence-corrected chi connectivity index (χ0v) is 24.3. The monoisotopic (exact) mass is 556 g/mol. The van der Waals surface area contributed by atoms with Crippen molar-refractivity contribution in [1.29, 1.82) is 0 Å². The summed E-state index contributed by atoms with van der Waals surface area (Å²) in [6.45, 7) is 12.4. The van der Waals surface area contributed by atoms with Crippen molar-refractivity contribution in [1.82, 2.24) is 20.0 Å². The van der Waals surface area contributed by atoms with Crippen LogP contribution in [0.2, 0.25) is 0 Å². The number of nitrogens with zero attached hydrogens (tertiary/aromatic N) is 3. The first-order chi connectivity index (χ1) is 18.8. The third-order valence-corrected chi connectivity index (χ3v) is 6.22. The van der Waals surface area contributed by atoms with E-state index in [1.54, 1.807) is 37.8 Å². The van der Waals surface area contributed by atoms with E-state index < -0.39 is 17.7 Å². The molecule has 10 heteroatoms. The van der Waals surface area contributed by atoms with Gasteiger partial charge in [-0.1, -0.05) is 38.1 Å². The van der Waals surface area contributed by atoms with Crippen molar-refractivity contribution in [2.75, 3.05) is 26.4 Å². The van der Waals surface area contributed by atoms with E-state index in [1.165, 1.54) is 28.9 Å². The predicted molar refractivity (Wildman–Crippen MR) is 150 cm³/mol. The molecular formula is C30H41FN4O5. The van der Waals surface area contributed by atoms with Crippen molar-refractivity contribution in [3.8, 4) is 5.75 Å². The summed E-state index contributed by atoms with van der Waals surface area (Å²) in [4.78, 5) is 43.4. The normalized spacial score (nSPS) is 15.6. The highest BCUT2D eigenvalue weighted by molar-refractivity contribution is 5.77. The standard InChI is InChI=1S/C30H41FN4O5/c1-21(2)19-39-27-13-9-23(10-14-27)15-32-28(37)35(16-24-7-11-25(31)12-8-24)26-17-33(22(3)36)20-34(18-26)29(38)40-30(4,5)6/h7-14,21,26H,15-20H2,1-6H3,(H,32,37). The average molecular weight is 557 g/mol. The van der Waals surface area contributed by atoms with Crippen molar-refractivity contribution >= 4 is 18.0 Å². The van der Waals surface area contributed by atoms with Crippen molar-refractivity contribution in [2.24, 2.45) is 5.92 Å². The van der Waals surface area contributed by atoms with Gasteiger partial charge in [-0.15, -0.1) is 0 Å². The molecule has 0 radical (unpaired) electrons. The maximum Gasteiger partial charge on any atom is 0.411 e. The molecule has 3 rings (SSSR count). The summed E-state index contributed by atoms with van der Waals surface area (Å²) in [5.41, 5.74) is 0.884. The van der Waals surface area contributed by atoms with Gasteiger partial charge in [0.1, 0.15) is 17.2 Å². The molecule has 1 unspecified atom stereocenters. The molecule has 1 atom stereocenters. The molecule has 0 bridgehead atoms. The van der Waals surface area contributed by atoms with E-state index in [0.29, 0.717) is 18.1 Å². The van der Waals surface area contributed by atoms with E-state index in [0.717, 1.165) is 11.3 Å². The summed E-state index contributed by atoms with van der Waals surface area (Å²) in [7, 11) is 0. The molecule has 9 nitrogen and oxygen atoms in total. The van der Waals surface area contributed by atoms with E-state index >= 15 is 0 Å². The maximum atomic E-state index is 13.6. The number of amides is 4. The number of ether oxygens (including phenoxy) is 2. The Morgan fingerprint density at radius 1 is 1.00 bits per heavy atom. The predicted octanol–water partition coefficient (Wildman–Crippen LogP) is 5.00. The molecule has 218 valence electrons. The van der Waals surface area contributed by atoms with Gasteiger partial charge in [0.05, 0.1) is 19.3 Å². The van der Waals surface area contributed by atoms with E-state index in [4.69, 9.17) is 9.47 Å². The Hall–Kier alpha value is -3.82. The van der Waals surface area contributed by atoms with Crippen LogP contribution in [0.3, 0.4) is 0 Å². The van der Waals surface area contributed by atoms with Crippen LogP contribution in [0, 0.1) is 11.7 Å². The number of hydrogen-bond acceptors (Lipinski definition) is 5. The van der Waals surface area contributed by atoms with Gasteiger partial charge in [-0.25, -0.2) is 14.0 Å². The topological polar surface area (TPSA) is 91.4 Å². The van der Waals surface area contributed by atoms with Gasteiger partial charge in [0.2, 0.25) is 5.91 Å². The summed E-state index contributed by atoms with van der Waals surface area (Å²) in [6.07, 6.45) is -0.564. The number of carbonyl (C=O) groups is 3. The van der Waals surface area contributed by atoms with Crippen LogP contribution in [-0.4, -0.2) is 70.7 Å². The highest BCUT2D eigenvalue weighted by atomic mass is 19.1. The van der Waals surface area contributed by atoms with Crippen molar-refractivity contribution in [3.63, 3.8) is 0 Å². The lowest BCUT2D eigenvalue weighted by molar-refractivity contribution is -0.134. The average Bonchev–Trinajstić information content (AvgIpc) is 2.89. The second-order valence-corrected chi connectivity index (χ2v) is 11.5. The van der Waals surface area contributed by atoms with Gasteiger partial charge in [0, 0.05) is 33.1 Å². The van der Waals surface area contributed by atoms with Crippen LogP contribution in [0.4, 0.5) is 14.0 Å². The maximum absolute atomic E-state index is 13.6. The highest BCUT2D eigenvalue weighted by Gasteiger charge is 2.36. The minimum Gasteiger partial charge on any atom is -0.493 e. The molecule has 1 aliphatic rings. The third-order valence-electron chi connectivity index (χ3n) is 6.22. The Bertz CT molecular complexity index is 1150. The van der Waals surface area contributed by atoms with Crippen LogP contribution in [0.25, 0.3) is 0 Å². The molecule has 0 aromatic heterocycles.